The van der Waals surface area contributed by atoms with Gasteiger partial charge in [-0.1, -0.05) is 41.6 Å². The van der Waals surface area contributed by atoms with Crippen LogP contribution in [0.1, 0.15) is 5.69 Å². The molecule has 1 heterocycles. The first-order valence-electron chi connectivity index (χ1n) is 6.49. The molecule has 0 spiro atoms. The van der Waals surface area contributed by atoms with Crippen LogP contribution in [-0.4, -0.2) is 9.78 Å². The average Bonchev–Trinajstić information content (AvgIpc) is 2.79. The van der Waals surface area contributed by atoms with E-state index in [1.54, 1.807) is 11.8 Å². The second-order valence-electron chi connectivity index (χ2n) is 4.61. The Bertz CT molecular complexity index is 751. The van der Waals surface area contributed by atoms with Gasteiger partial charge in [0, 0.05) is 9.92 Å². The number of benzene rings is 2. The van der Waals surface area contributed by atoms with Gasteiger partial charge in [-0.05, 0) is 43.3 Å². The number of anilines is 1. The number of aromatic nitrogens is 2. The first-order valence-corrected chi connectivity index (χ1v) is 7.68. The minimum atomic E-state index is 0.707. The van der Waals surface area contributed by atoms with Crippen LogP contribution in [0.2, 0.25) is 5.02 Å². The lowest BCUT2D eigenvalue weighted by Crippen LogP contribution is -1.98. The van der Waals surface area contributed by atoms with Crippen LogP contribution in [0.15, 0.2) is 64.5 Å². The molecular formula is C16H14ClN3S. The molecule has 21 heavy (non-hydrogen) atoms. The number of hydrogen-bond acceptors (Lipinski definition) is 3. The molecule has 3 rings (SSSR count). The van der Waals surface area contributed by atoms with Crippen molar-refractivity contribution in [1.82, 2.24) is 9.78 Å². The molecule has 1 aromatic heterocycles. The Morgan fingerprint density at radius 1 is 1.05 bits per heavy atom. The Kier molecular flexibility index (Phi) is 3.90. The third-order valence-corrected chi connectivity index (χ3v) is 4.44. The van der Waals surface area contributed by atoms with Crippen LogP contribution in [0.25, 0.3) is 5.69 Å². The number of rotatable bonds is 3. The quantitative estimate of drug-likeness (QED) is 0.770. The minimum absolute atomic E-state index is 0.707. The average molecular weight is 316 g/mol. The van der Waals surface area contributed by atoms with Crippen molar-refractivity contribution >= 4 is 29.1 Å². The molecule has 0 fully saturated rings. The van der Waals surface area contributed by atoms with Gasteiger partial charge in [-0.3, -0.25) is 0 Å². The number of nitrogens with zero attached hydrogens (tertiary/aromatic N) is 2. The van der Waals surface area contributed by atoms with Gasteiger partial charge in [0.1, 0.15) is 5.03 Å². The van der Waals surface area contributed by atoms with Crippen molar-refractivity contribution in [1.29, 1.82) is 0 Å². The summed E-state index contributed by atoms with van der Waals surface area (Å²) in [5, 5.41) is 6.18. The van der Waals surface area contributed by atoms with E-state index in [0.29, 0.717) is 5.69 Å². The molecule has 0 radical (unpaired) electrons. The zero-order valence-corrected chi connectivity index (χ0v) is 13.0. The first kappa shape index (κ1) is 14.0. The molecule has 0 aliphatic rings. The van der Waals surface area contributed by atoms with Crippen LogP contribution in [0.3, 0.4) is 0 Å². The van der Waals surface area contributed by atoms with Crippen LogP contribution in [-0.2, 0) is 0 Å². The van der Waals surface area contributed by atoms with Gasteiger partial charge in [0.2, 0.25) is 0 Å². The van der Waals surface area contributed by atoms with E-state index in [-0.39, 0.29) is 0 Å². The highest BCUT2D eigenvalue weighted by atomic mass is 35.5. The molecule has 0 unspecified atom stereocenters. The lowest BCUT2D eigenvalue weighted by Gasteiger charge is -2.08. The molecule has 0 aliphatic heterocycles. The summed E-state index contributed by atoms with van der Waals surface area (Å²) >= 11 is 7.51. The highest BCUT2D eigenvalue weighted by molar-refractivity contribution is 7.99. The van der Waals surface area contributed by atoms with Gasteiger partial charge in [0.05, 0.1) is 17.1 Å². The van der Waals surface area contributed by atoms with E-state index < -0.39 is 0 Å². The molecule has 2 aromatic carbocycles. The number of hydrogen-bond donors (Lipinski definition) is 1. The van der Waals surface area contributed by atoms with Crippen LogP contribution in [0.5, 0.6) is 0 Å². The number of nitrogens with two attached hydrogens (primary N) is 1. The smallest absolute Gasteiger partial charge is 0.128 e. The second kappa shape index (κ2) is 5.84. The molecule has 0 amide bonds. The maximum atomic E-state index is 6.19. The Morgan fingerprint density at radius 2 is 1.71 bits per heavy atom. The van der Waals surface area contributed by atoms with E-state index in [2.05, 4.69) is 5.10 Å². The van der Waals surface area contributed by atoms with Gasteiger partial charge >= 0.3 is 0 Å². The fraction of sp³-hybridized carbons (Fsp3) is 0.0625. The zero-order valence-electron chi connectivity index (χ0n) is 11.5. The largest absolute Gasteiger partial charge is 0.395 e. The first-order chi connectivity index (χ1) is 10.1. The molecule has 0 atom stereocenters. The van der Waals surface area contributed by atoms with Gasteiger partial charge < -0.3 is 5.73 Å². The lowest BCUT2D eigenvalue weighted by molar-refractivity contribution is 0.794. The fourth-order valence-electron chi connectivity index (χ4n) is 1.97. The van der Waals surface area contributed by atoms with E-state index in [1.165, 1.54) is 0 Å². The maximum absolute atomic E-state index is 6.19. The summed E-state index contributed by atoms with van der Waals surface area (Å²) in [6.45, 7) is 1.92. The van der Waals surface area contributed by atoms with Crippen LogP contribution in [0, 0.1) is 6.92 Å². The number of nitrogen functional groups attached to an aromatic ring is 1. The molecule has 3 nitrogen and oxygen atoms in total. The number of aryl methyl sites for hydroxylation is 1. The second-order valence-corrected chi connectivity index (χ2v) is 6.11. The monoisotopic (exact) mass is 315 g/mol. The summed E-state index contributed by atoms with van der Waals surface area (Å²) in [6, 6.07) is 17.7. The van der Waals surface area contributed by atoms with E-state index >= 15 is 0 Å². The van der Waals surface area contributed by atoms with Crippen molar-refractivity contribution in [2.45, 2.75) is 16.8 Å². The van der Waals surface area contributed by atoms with E-state index in [1.807, 2.05) is 66.2 Å². The summed E-state index contributed by atoms with van der Waals surface area (Å²) in [6.07, 6.45) is 0. The van der Waals surface area contributed by atoms with Crippen molar-refractivity contribution in [2.24, 2.45) is 0 Å². The predicted molar refractivity (Wildman–Crippen MR) is 88.3 cm³/mol. The molecule has 0 aliphatic carbocycles. The molecule has 0 saturated heterocycles. The third kappa shape index (κ3) is 2.91. The van der Waals surface area contributed by atoms with Gasteiger partial charge in [0.25, 0.3) is 0 Å². The summed E-state index contributed by atoms with van der Waals surface area (Å²) in [5.74, 6) is 0. The third-order valence-electron chi connectivity index (χ3n) is 3.09. The summed E-state index contributed by atoms with van der Waals surface area (Å²) < 4.78 is 1.88. The summed E-state index contributed by atoms with van der Waals surface area (Å²) in [7, 11) is 0. The highest BCUT2D eigenvalue weighted by Gasteiger charge is 2.15. The normalized spacial score (nSPS) is 10.8. The van der Waals surface area contributed by atoms with Gasteiger partial charge in [-0.25, -0.2) is 4.68 Å². The Balaban J connectivity index is 2.03. The van der Waals surface area contributed by atoms with Crippen molar-refractivity contribution in [3.05, 3.63) is 65.3 Å². The molecule has 5 heteroatoms. The van der Waals surface area contributed by atoms with Crippen molar-refractivity contribution in [2.75, 3.05) is 5.73 Å². The van der Waals surface area contributed by atoms with Gasteiger partial charge in [-0.2, -0.15) is 5.10 Å². The SMILES string of the molecule is Cc1nn(-c2ccccc2)c(Sc2ccc(Cl)cc2)c1N. The Labute approximate surface area is 132 Å². The molecular weight excluding hydrogens is 302 g/mol. The van der Waals surface area contributed by atoms with Crippen molar-refractivity contribution in [3.63, 3.8) is 0 Å². The molecule has 0 saturated carbocycles. The Hall–Kier alpha value is -1.91. The van der Waals surface area contributed by atoms with Crippen LogP contribution >= 0.6 is 23.4 Å². The van der Waals surface area contributed by atoms with E-state index in [4.69, 9.17) is 17.3 Å². The summed E-state index contributed by atoms with van der Waals surface area (Å²) in [4.78, 5) is 1.07. The van der Waals surface area contributed by atoms with Gasteiger partial charge in [0.15, 0.2) is 0 Å². The molecule has 106 valence electrons. The van der Waals surface area contributed by atoms with E-state index in [9.17, 15) is 0 Å². The van der Waals surface area contributed by atoms with E-state index in [0.717, 1.165) is 26.3 Å². The molecule has 2 N–H and O–H groups in total. The summed E-state index contributed by atoms with van der Waals surface area (Å²) in [5.41, 5.74) is 8.72. The minimum Gasteiger partial charge on any atom is -0.395 e. The lowest BCUT2D eigenvalue weighted by atomic mass is 10.3. The van der Waals surface area contributed by atoms with Gasteiger partial charge in [-0.15, -0.1) is 0 Å². The standard InChI is InChI=1S/C16H14ClN3S/c1-11-15(18)16(21-14-9-7-12(17)8-10-14)20(19-11)13-5-3-2-4-6-13/h2-10H,18H2,1H3. The predicted octanol–water partition coefficient (Wildman–Crippen LogP) is 4.57. The molecule has 0 bridgehead atoms. The molecule has 3 aromatic rings. The van der Waals surface area contributed by atoms with Crippen LogP contribution < -0.4 is 5.73 Å². The van der Waals surface area contributed by atoms with Crippen LogP contribution in [0.4, 0.5) is 5.69 Å². The zero-order chi connectivity index (χ0) is 14.8. The topological polar surface area (TPSA) is 43.8 Å². The van der Waals surface area contributed by atoms with Crippen molar-refractivity contribution < 1.29 is 0 Å². The number of halogens is 1. The maximum Gasteiger partial charge on any atom is 0.128 e. The van der Waals surface area contributed by atoms with Crippen molar-refractivity contribution in [3.8, 4) is 5.69 Å². The number of para-hydroxylation sites is 1. The highest BCUT2D eigenvalue weighted by Crippen LogP contribution is 2.35. The fourth-order valence-corrected chi connectivity index (χ4v) is 3.09. The Morgan fingerprint density at radius 3 is 2.38 bits per heavy atom.